The van der Waals surface area contributed by atoms with Crippen LogP contribution in [0.4, 0.5) is 4.79 Å². The number of halogens is 1. The van der Waals surface area contributed by atoms with E-state index in [4.69, 9.17) is 4.74 Å². The quantitative estimate of drug-likeness (QED) is 0.893. The number of carbonyl (C=O) groups is 1. The molecule has 0 radical (unpaired) electrons. The van der Waals surface area contributed by atoms with Crippen LogP contribution in [0.1, 0.15) is 37.9 Å². The second-order valence-corrected chi connectivity index (χ2v) is 5.24. The SMILES string of the molecule is CCc1ccc([C@H]2NC(=O)OCC2(C)C)cc1.Cl. The van der Waals surface area contributed by atoms with Crippen LogP contribution in [0.5, 0.6) is 0 Å². The van der Waals surface area contributed by atoms with E-state index in [1.165, 1.54) is 5.56 Å². The van der Waals surface area contributed by atoms with Gasteiger partial charge in [-0.3, -0.25) is 0 Å². The Kier molecular flexibility index (Phi) is 4.63. The Morgan fingerprint density at radius 2 is 1.94 bits per heavy atom. The van der Waals surface area contributed by atoms with Gasteiger partial charge in [0.25, 0.3) is 0 Å². The van der Waals surface area contributed by atoms with Gasteiger partial charge in [0.15, 0.2) is 0 Å². The molecular formula is C14H20ClNO2. The van der Waals surface area contributed by atoms with Crippen LogP contribution in [-0.2, 0) is 11.2 Å². The van der Waals surface area contributed by atoms with Gasteiger partial charge in [-0.2, -0.15) is 0 Å². The highest BCUT2D eigenvalue weighted by Gasteiger charge is 2.37. The zero-order chi connectivity index (χ0) is 12.5. The Balaban J connectivity index is 0.00000162. The number of amides is 1. The van der Waals surface area contributed by atoms with Gasteiger partial charge < -0.3 is 10.1 Å². The molecule has 0 spiro atoms. The smallest absolute Gasteiger partial charge is 0.407 e. The molecule has 1 fully saturated rings. The highest BCUT2D eigenvalue weighted by atomic mass is 35.5. The van der Waals surface area contributed by atoms with Crippen molar-refractivity contribution < 1.29 is 9.53 Å². The fraction of sp³-hybridized carbons (Fsp3) is 0.500. The Morgan fingerprint density at radius 3 is 2.50 bits per heavy atom. The number of alkyl carbamates (subject to hydrolysis) is 1. The molecule has 1 aromatic rings. The first kappa shape index (κ1) is 14.8. The van der Waals surface area contributed by atoms with Crippen LogP contribution < -0.4 is 5.32 Å². The molecule has 4 heteroatoms. The van der Waals surface area contributed by atoms with Crippen LogP contribution >= 0.6 is 12.4 Å². The van der Waals surface area contributed by atoms with Gasteiger partial charge in [0.2, 0.25) is 0 Å². The number of cyclic esters (lactones) is 1. The van der Waals surface area contributed by atoms with Gasteiger partial charge in [0.1, 0.15) is 6.61 Å². The van der Waals surface area contributed by atoms with Gasteiger partial charge in [0, 0.05) is 5.41 Å². The van der Waals surface area contributed by atoms with Gasteiger partial charge in [-0.05, 0) is 17.5 Å². The van der Waals surface area contributed by atoms with Crippen molar-refractivity contribution in [3.63, 3.8) is 0 Å². The predicted octanol–water partition coefficient (Wildman–Crippen LogP) is 3.48. The van der Waals surface area contributed by atoms with Crippen LogP contribution in [0, 0.1) is 5.41 Å². The maximum atomic E-state index is 11.3. The van der Waals surface area contributed by atoms with Crippen molar-refractivity contribution in [3.05, 3.63) is 35.4 Å². The van der Waals surface area contributed by atoms with E-state index in [2.05, 4.69) is 50.4 Å². The molecule has 1 saturated heterocycles. The van der Waals surface area contributed by atoms with Gasteiger partial charge >= 0.3 is 6.09 Å². The molecule has 18 heavy (non-hydrogen) atoms. The van der Waals surface area contributed by atoms with Gasteiger partial charge in [-0.15, -0.1) is 12.4 Å². The Bertz CT molecular complexity index is 414. The monoisotopic (exact) mass is 269 g/mol. The summed E-state index contributed by atoms with van der Waals surface area (Å²) in [4.78, 5) is 11.3. The van der Waals surface area contributed by atoms with E-state index >= 15 is 0 Å². The standard InChI is InChI=1S/C14H19NO2.ClH/c1-4-10-5-7-11(8-6-10)12-14(2,3)9-17-13(16)15-12;/h5-8,12H,4,9H2,1-3H3,(H,15,16);1H/t12-;/m1./s1. The summed E-state index contributed by atoms with van der Waals surface area (Å²) in [5.74, 6) is 0. The number of hydrogen-bond acceptors (Lipinski definition) is 2. The van der Waals surface area contributed by atoms with E-state index < -0.39 is 0 Å². The number of ether oxygens (including phenoxy) is 1. The highest BCUT2D eigenvalue weighted by molar-refractivity contribution is 5.85. The molecule has 3 nitrogen and oxygen atoms in total. The first-order valence-electron chi connectivity index (χ1n) is 6.05. The van der Waals surface area contributed by atoms with Gasteiger partial charge in [-0.1, -0.05) is 45.0 Å². The number of rotatable bonds is 2. The summed E-state index contributed by atoms with van der Waals surface area (Å²) in [5, 5.41) is 2.90. The molecule has 100 valence electrons. The lowest BCUT2D eigenvalue weighted by molar-refractivity contribution is 0.0387. The summed E-state index contributed by atoms with van der Waals surface area (Å²) in [6.45, 7) is 6.80. The Morgan fingerprint density at radius 1 is 1.33 bits per heavy atom. The molecule has 0 aromatic heterocycles. The van der Waals surface area contributed by atoms with E-state index in [0.29, 0.717) is 6.61 Å². The molecule has 1 atom stereocenters. The number of hydrogen-bond donors (Lipinski definition) is 1. The summed E-state index contributed by atoms with van der Waals surface area (Å²) < 4.78 is 5.04. The van der Waals surface area contributed by atoms with E-state index in [9.17, 15) is 4.79 Å². The summed E-state index contributed by atoms with van der Waals surface area (Å²) in [7, 11) is 0. The molecule has 0 unspecified atom stereocenters. The maximum absolute atomic E-state index is 11.3. The summed E-state index contributed by atoms with van der Waals surface area (Å²) in [5.41, 5.74) is 2.37. The molecular weight excluding hydrogens is 250 g/mol. The molecule has 0 aliphatic carbocycles. The van der Waals surface area contributed by atoms with Crippen molar-refractivity contribution in [3.8, 4) is 0 Å². The molecule has 1 amide bonds. The third kappa shape index (κ3) is 2.96. The minimum atomic E-state index is -0.325. The minimum Gasteiger partial charge on any atom is -0.449 e. The zero-order valence-electron chi connectivity index (χ0n) is 11.0. The van der Waals surface area contributed by atoms with Gasteiger partial charge in [-0.25, -0.2) is 4.79 Å². The Labute approximate surface area is 114 Å². The lowest BCUT2D eigenvalue weighted by Crippen LogP contribution is -2.46. The molecule has 1 heterocycles. The lowest BCUT2D eigenvalue weighted by Gasteiger charge is -2.38. The zero-order valence-corrected chi connectivity index (χ0v) is 11.8. The summed E-state index contributed by atoms with van der Waals surface area (Å²) in [6.07, 6.45) is 0.706. The molecule has 1 aliphatic rings. The third-order valence-electron chi connectivity index (χ3n) is 3.34. The average Bonchev–Trinajstić information content (AvgIpc) is 2.33. The molecule has 0 bridgehead atoms. The fourth-order valence-electron chi connectivity index (χ4n) is 2.17. The second kappa shape index (κ2) is 5.61. The number of carbonyl (C=O) groups excluding carboxylic acids is 1. The number of benzene rings is 1. The summed E-state index contributed by atoms with van der Waals surface area (Å²) in [6, 6.07) is 8.45. The first-order chi connectivity index (χ1) is 8.03. The van der Waals surface area contributed by atoms with Crippen LogP contribution in [0.2, 0.25) is 0 Å². The predicted molar refractivity (Wildman–Crippen MR) is 74.1 cm³/mol. The van der Waals surface area contributed by atoms with Crippen molar-refractivity contribution in [1.82, 2.24) is 5.32 Å². The van der Waals surface area contributed by atoms with Crippen molar-refractivity contribution in [2.24, 2.45) is 5.41 Å². The molecule has 2 rings (SSSR count). The van der Waals surface area contributed by atoms with Crippen molar-refractivity contribution >= 4 is 18.5 Å². The molecule has 0 saturated carbocycles. The largest absolute Gasteiger partial charge is 0.449 e. The van der Waals surface area contributed by atoms with Crippen LogP contribution in [0.3, 0.4) is 0 Å². The van der Waals surface area contributed by atoms with Crippen LogP contribution in [0.15, 0.2) is 24.3 Å². The number of aryl methyl sites for hydroxylation is 1. The second-order valence-electron chi connectivity index (χ2n) is 5.24. The van der Waals surface area contributed by atoms with Crippen molar-refractivity contribution in [1.29, 1.82) is 0 Å². The van der Waals surface area contributed by atoms with E-state index in [1.807, 2.05) is 0 Å². The highest BCUT2D eigenvalue weighted by Crippen LogP contribution is 2.36. The van der Waals surface area contributed by atoms with Gasteiger partial charge in [0.05, 0.1) is 6.04 Å². The average molecular weight is 270 g/mol. The molecule has 1 aliphatic heterocycles. The first-order valence-corrected chi connectivity index (χ1v) is 6.05. The van der Waals surface area contributed by atoms with Crippen LogP contribution in [-0.4, -0.2) is 12.7 Å². The summed E-state index contributed by atoms with van der Waals surface area (Å²) >= 11 is 0. The van der Waals surface area contributed by atoms with Crippen molar-refractivity contribution in [2.75, 3.05) is 6.61 Å². The van der Waals surface area contributed by atoms with E-state index in [1.54, 1.807) is 0 Å². The molecule has 1 N–H and O–H groups in total. The van der Waals surface area contributed by atoms with E-state index in [-0.39, 0.29) is 30.0 Å². The topological polar surface area (TPSA) is 38.3 Å². The minimum absolute atomic E-state index is 0. The fourth-order valence-corrected chi connectivity index (χ4v) is 2.17. The maximum Gasteiger partial charge on any atom is 0.407 e. The van der Waals surface area contributed by atoms with Crippen molar-refractivity contribution in [2.45, 2.75) is 33.2 Å². The number of nitrogens with one attached hydrogen (secondary N) is 1. The molecule has 1 aromatic carbocycles. The third-order valence-corrected chi connectivity index (χ3v) is 3.34. The Hall–Kier alpha value is -1.22. The van der Waals surface area contributed by atoms with Crippen LogP contribution in [0.25, 0.3) is 0 Å². The normalized spacial score (nSPS) is 21.5. The van der Waals surface area contributed by atoms with E-state index in [0.717, 1.165) is 12.0 Å². The lowest BCUT2D eigenvalue weighted by atomic mass is 9.80.